The lowest BCUT2D eigenvalue weighted by atomic mass is 10.0. The maximum Gasteiger partial charge on any atom is 0.264 e. The van der Waals surface area contributed by atoms with Gasteiger partial charge in [-0.1, -0.05) is 42.5 Å². The van der Waals surface area contributed by atoms with Gasteiger partial charge in [-0.3, -0.25) is 9.69 Å². The molecule has 1 saturated carbocycles. The van der Waals surface area contributed by atoms with Crippen molar-refractivity contribution in [3.05, 3.63) is 71.3 Å². The van der Waals surface area contributed by atoms with Crippen LogP contribution in [-0.2, 0) is 16.6 Å². The molecule has 1 saturated heterocycles. The van der Waals surface area contributed by atoms with E-state index in [0.717, 1.165) is 44.3 Å². The number of rotatable bonds is 7. The number of hydrogen-bond donors (Lipinski definition) is 2. The van der Waals surface area contributed by atoms with Crippen LogP contribution in [0.5, 0.6) is 0 Å². The molecule has 2 atom stereocenters. The van der Waals surface area contributed by atoms with Gasteiger partial charge in [-0.2, -0.15) is 0 Å². The molecule has 1 aliphatic carbocycles. The molecule has 1 amide bonds. The lowest BCUT2D eigenvalue weighted by molar-refractivity contribution is 0.0981. The fourth-order valence-corrected chi connectivity index (χ4v) is 4.71. The summed E-state index contributed by atoms with van der Waals surface area (Å²) in [5, 5.41) is 3.84. The van der Waals surface area contributed by atoms with Crippen molar-refractivity contribution in [3.8, 4) is 0 Å². The molecule has 1 heterocycles. The molecule has 2 N–H and O–H groups in total. The van der Waals surface area contributed by atoms with Crippen molar-refractivity contribution in [1.29, 1.82) is 0 Å². The van der Waals surface area contributed by atoms with Gasteiger partial charge in [0.1, 0.15) is 0 Å². The summed E-state index contributed by atoms with van der Waals surface area (Å²) in [6.45, 7) is 2.95. The Balaban J connectivity index is 1.21. The second kappa shape index (κ2) is 8.88. The molecule has 0 aromatic heterocycles. The van der Waals surface area contributed by atoms with Gasteiger partial charge in [-0.25, -0.2) is 13.1 Å². The van der Waals surface area contributed by atoms with Crippen LogP contribution in [0.4, 0.5) is 0 Å². The Labute approximate surface area is 178 Å². The molecule has 0 spiro atoms. The highest BCUT2D eigenvalue weighted by atomic mass is 32.2. The van der Waals surface area contributed by atoms with E-state index in [1.165, 1.54) is 12.0 Å². The molecule has 4 rings (SSSR count). The maximum atomic E-state index is 11.9. The molecule has 30 heavy (non-hydrogen) atoms. The number of amides is 1. The van der Waals surface area contributed by atoms with E-state index in [0.29, 0.717) is 23.6 Å². The molecule has 2 aliphatic rings. The molecule has 2 unspecified atom stereocenters. The second-order valence-corrected chi connectivity index (χ2v) is 10.2. The fourth-order valence-electron chi connectivity index (χ4n) is 4.26. The largest absolute Gasteiger partial charge is 0.311 e. The quantitative estimate of drug-likeness (QED) is 0.710. The van der Waals surface area contributed by atoms with E-state index < -0.39 is 15.9 Å². The first-order valence-electron chi connectivity index (χ1n) is 10.5. The number of benzene rings is 2. The smallest absolute Gasteiger partial charge is 0.264 e. The van der Waals surface area contributed by atoms with Gasteiger partial charge in [0.25, 0.3) is 5.91 Å². The number of likely N-dealkylation sites (tertiary alicyclic amines) is 1. The van der Waals surface area contributed by atoms with Crippen LogP contribution in [-0.4, -0.2) is 50.7 Å². The van der Waals surface area contributed by atoms with Gasteiger partial charge >= 0.3 is 0 Å². The minimum Gasteiger partial charge on any atom is -0.311 e. The Morgan fingerprint density at radius 2 is 1.70 bits per heavy atom. The molecule has 160 valence electrons. The molecule has 7 heteroatoms. The number of sulfonamides is 1. The first-order valence-corrected chi connectivity index (χ1v) is 12.4. The Kier molecular flexibility index (Phi) is 6.22. The summed E-state index contributed by atoms with van der Waals surface area (Å²) in [4.78, 5) is 14.3. The maximum absolute atomic E-state index is 11.9. The number of carbonyl (C=O) groups is 1. The van der Waals surface area contributed by atoms with Crippen LogP contribution in [0.1, 0.15) is 46.7 Å². The first kappa shape index (κ1) is 21.0. The third-order valence-electron chi connectivity index (χ3n) is 5.96. The van der Waals surface area contributed by atoms with Crippen LogP contribution in [0.2, 0.25) is 0 Å². The van der Waals surface area contributed by atoms with E-state index in [1.807, 2.05) is 16.9 Å². The lowest BCUT2D eigenvalue weighted by Gasteiger charge is -2.32. The summed E-state index contributed by atoms with van der Waals surface area (Å²) in [7, 11) is -3.55. The van der Waals surface area contributed by atoms with Crippen LogP contribution < -0.4 is 10.0 Å². The highest BCUT2D eigenvalue weighted by molar-refractivity contribution is 7.89. The van der Waals surface area contributed by atoms with Gasteiger partial charge < -0.3 is 5.32 Å². The van der Waals surface area contributed by atoms with Gasteiger partial charge in [0, 0.05) is 30.1 Å². The highest BCUT2D eigenvalue weighted by Gasteiger charge is 2.39. The molecule has 0 radical (unpaired) electrons. The molecule has 2 fully saturated rings. The zero-order valence-corrected chi connectivity index (χ0v) is 18.1. The van der Waals surface area contributed by atoms with E-state index in [9.17, 15) is 13.2 Å². The van der Waals surface area contributed by atoms with Crippen molar-refractivity contribution >= 4 is 15.9 Å². The fraction of sp³-hybridized carbons (Fsp3) is 0.435. The zero-order chi connectivity index (χ0) is 21.1. The van der Waals surface area contributed by atoms with Crippen molar-refractivity contribution in [2.24, 2.45) is 0 Å². The Hall–Kier alpha value is -2.22. The Bertz CT molecular complexity index is 969. The van der Waals surface area contributed by atoms with Crippen LogP contribution in [0, 0.1) is 0 Å². The SMILES string of the molecule is CS(=O)(=O)NC(=O)c1ccc(CN2CCC(NC3CC3c3ccccc3)CC2)cc1. The Morgan fingerprint density at radius 1 is 1.03 bits per heavy atom. The van der Waals surface area contributed by atoms with Gasteiger partial charge in [-0.15, -0.1) is 0 Å². The standard InChI is InChI=1S/C23H29N3O3S/c1-30(28,29)25-23(27)19-9-7-17(8-10-19)16-26-13-11-20(12-14-26)24-22-15-21(22)18-5-3-2-4-6-18/h2-10,20-22,24H,11-16H2,1H3,(H,25,27). The first-order chi connectivity index (χ1) is 14.4. The number of hydrogen-bond acceptors (Lipinski definition) is 5. The summed E-state index contributed by atoms with van der Waals surface area (Å²) < 4.78 is 24.4. The van der Waals surface area contributed by atoms with Crippen molar-refractivity contribution in [2.75, 3.05) is 19.3 Å². The number of piperidine rings is 1. The molecular formula is C23H29N3O3S. The van der Waals surface area contributed by atoms with Gasteiger partial charge in [0.05, 0.1) is 6.26 Å². The highest BCUT2D eigenvalue weighted by Crippen LogP contribution is 2.41. The number of nitrogens with zero attached hydrogens (tertiary/aromatic N) is 1. The topological polar surface area (TPSA) is 78.5 Å². The molecule has 2 aromatic rings. The molecular weight excluding hydrogens is 398 g/mol. The summed E-state index contributed by atoms with van der Waals surface area (Å²) in [6.07, 6.45) is 4.51. The lowest BCUT2D eigenvalue weighted by Crippen LogP contribution is -2.43. The minimum atomic E-state index is -3.55. The van der Waals surface area contributed by atoms with Crippen LogP contribution in [0.15, 0.2) is 54.6 Å². The van der Waals surface area contributed by atoms with Crippen molar-refractivity contribution in [3.63, 3.8) is 0 Å². The predicted octanol–water partition coefficient (Wildman–Crippen LogP) is 2.49. The zero-order valence-electron chi connectivity index (χ0n) is 17.3. The second-order valence-electron chi connectivity index (χ2n) is 8.48. The van der Waals surface area contributed by atoms with Crippen LogP contribution in [0.3, 0.4) is 0 Å². The van der Waals surface area contributed by atoms with Crippen molar-refractivity contribution in [2.45, 2.75) is 43.8 Å². The minimum absolute atomic E-state index is 0.351. The summed E-state index contributed by atoms with van der Waals surface area (Å²) in [6, 6.07) is 19.1. The molecule has 2 aromatic carbocycles. The van der Waals surface area contributed by atoms with Gasteiger partial charge in [0.15, 0.2) is 0 Å². The summed E-state index contributed by atoms with van der Waals surface area (Å²) in [5.41, 5.74) is 2.93. The van der Waals surface area contributed by atoms with Gasteiger partial charge in [0.2, 0.25) is 10.0 Å². The van der Waals surface area contributed by atoms with E-state index in [1.54, 1.807) is 12.1 Å². The Morgan fingerprint density at radius 3 is 2.33 bits per heavy atom. The summed E-state index contributed by atoms with van der Waals surface area (Å²) in [5.74, 6) is 0.0764. The predicted molar refractivity (Wildman–Crippen MR) is 118 cm³/mol. The molecule has 6 nitrogen and oxygen atoms in total. The third kappa shape index (κ3) is 5.68. The van der Waals surface area contributed by atoms with Gasteiger partial charge in [-0.05, 0) is 55.6 Å². The van der Waals surface area contributed by atoms with E-state index in [-0.39, 0.29) is 0 Å². The number of carbonyl (C=O) groups excluding carboxylic acids is 1. The van der Waals surface area contributed by atoms with Crippen LogP contribution >= 0.6 is 0 Å². The van der Waals surface area contributed by atoms with E-state index >= 15 is 0 Å². The summed E-state index contributed by atoms with van der Waals surface area (Å²) >= 11 is 0. The average molecular weight is 428 g/mol. The van der Waals surface area contributed by atoms with Crippen molar-refractivity contribution < 1.29 is 13.2 Å². The normalized spacial score (nSPS) is 22.6. The van der Waals surface area contributed by atoms with Crippen LogP contribution in [0.25, 0.3) is 0 Å². The molecule has 0 bridgehead atoms. The third-order valence-corrected chi connectivity index (χ3v) is 6.51. The van der Waals surface area contributed by atoms with E-state index in [2.05, 4.69) is 40.5 Å². The van der Waals surface area contributed by atoms with E-state index in [4.69, 9.17) is 0 Å². The molecule has 1 aliphatic heterocycles. The number of nitrogens with one attached hydrogen (secondary N) is 2. The van der Waals surface area contributed by atoms with Crippen molar-refractivity contribution in [1.82, 2.24) is 14.9 Å². The monoisotopic (exact) mass is 427 g/mol. The average Bonchev–Trinajstić information content (AvgIpc) is 3.48.